The Hall–Kier alpha value is -1.40. The molecule has 2 rings (SSSR count). The van der Waals surface area contributed by atoms with Crippen LogP contribution in [0.15, 0.2) is 12.4 Å². The van der Waals surface area contributed by atoms with E-state index in [2.05, 4.69) is 15.3 Å². The van der Waals surface area contributed by atoms with Crippen molar-refractivity contribution in [3.8, 4) is 0 Å². The Labute approximate surface area is 120 Å². The third-order valence-electron chi connectivity index (χ3n) is 3.56. The smallest absolute Gasteiger partial charge is 0.254 e. The van der Waals surface area contributed by atoms with Crippen molar-refractivity contribution in [3.05, 3.63) is 18.0 Å². The normalized spacial score (nSPS) is 20.0. The van der Waals surface area contributed by atoms with Crippen molar-refractivity contribution >= 4 is 5.91 Å². The number of ether oxygens (including phenoxy) is 1. The van der Waals surface area contributed by atoms with Crippen LogP contribution in [0.3, 0.4) is 0 Å². The Bertz CT molecular complexity index is 433. The molecule has 6 heteroatoms. The van der Waals surface area contributed by atoms with Gasteiger partial charge < -0.3 is 10.1 Å². The second-order valence-corrected chi connectivity index (χ2v) is 5.21. The monoisotopic (exact) mass is 280 g/mol. The summed E-state index contributed by atoms with van der Waals surface area (Å²) in [5.74, 6) is -0.0326. The largest absolute Gasteiger partial charge is 0.380 e. The zero-order chi connectivity index (χ0) is 14.4. The molecule has 0 aromatic carbocycles. The summed E-state index contributed by atoms with van der Waals surface area (Å²) >= 11 is 0. The van der Waals surface area contributed by atoms with E-state index in [1.165, 1.54) is 0 Å². The first-order valence-electron chi connectivity index (χ1n) is 7.28. The molecule has 1 N–H and O–H groups in total. The van der Waals surface area contributed by atoms with Crippen molar-refractivity contribution in [2.24, 2.45) is 7.05 Å². The number of carbonyl (C=O) groups excluding carboxylic acids is 1. The van der Waals surface area contributed by atoms with Crippen LogP contribution in [0.2, 0.25) is 0 Å². The summed E-state index contributed by atoms with van der Waals surface area (Å²) in [6.07, 6.45) is 5.50. The average Bonchev–Trinajstić information content (AvgIpc) is 2.86. The van der Waals surface area contributed by atoms with Crippen molar-refractivity contribution in [1.82, 2.24) is 20.0 Å². The molecule has 20 heavy (non-hydrogen) atoms. The molecule has 0 bridgehead atoms. The minimum Gasteiger partial charge on any atom is -0.380 e. The fourth-order valence-electron chi connectivity index (χ4n) is 2.52. The average molecular weight is 280 g/mol. The zero-order valence-electron chi connectivity index (χ0n) is 12.3. The van der Waals surface area contributed by atoms with E-state index in [9.17, 15) is 4.79 Å². The molecule has 1 aliphatic rings. The van der Waals surface area contributed by atoms with Crippen LogP contribution in [0.4, 0.5) is 0 Å². The van der Waals surface area contributed by atoms with Gasteiger partial charge in [-0.15, -0.1) is 0 Å². The van der Waals surface area contributed by atoms with Crippen molar-refractivity contribution in [2.75, 3.05) is 32.8 Å². The number of hydrogen-bond donors (Lipinski definition) is 1. The molecule has 6 nitrogen and oxygen atoms in total. The Morgan fingerprint density at radius 2 is 2.45 bits per heavy atom. The van der Waals surface area contributed by atoms with Gasteiger partial charge in [-0.3, -0.25) is 14.4 Å². The number of hydrogen-bond acceptors (Lipinski definition) is 4. The standard InChI is InChI=1S/C14H24N4O2/c1-3-20-8-7-18-6-4-5-13(11-18)16-14(19)12-9-15-17(2)10-12/h9-10,13H,3-8,11H2,1-2H3,(H,16,19). The number of aryl methyl sites for hydroxylation is 1. The highest BCUT2D eigenvalue weighted by Gasteiger charge is 2.21. The summed E-state index contributed by atoms with van der Waals surface area (Å²) in [6, 6.07) is 0.220. The fourth-order valence-corrected chi connectivity index (χ4v) is 2.52. The van der Waals surface area contributed by atoms with Gasteiger partial charge in [0.2, 0.25) is 0 Å². The van der Waals surface area contributed by atoms with E-state index in [1.54, 1.807) is 17.1 Å². The Balaban J connectivity index is 1.79. The first-order chi connectivity index (χ1) is 9.69. The summed E-state index contributed by atoms with van der Waals surface area (Å²) in [6.45, 7) is 6.46. The van der Waals surface area contributed by atoms with Gasteiger partial charge >= 0.3 is 0 Å². The lowest BCUT2D eigenvalue weighted by Gasteiger charge is -2.32. The third kappa shape index (κ3) is 4.31. The van der Waals surface area contributed by atoms with Crippen LogP contribution in [0.25, 0.3) is 0 Å². The molecule has 1 atom stereocenters. The number of nitrogens with one attached hydrogen (secondary N) is 1. The number of piperidine rings is 1. The molecule has 1 amide bonds. The van der Waals surface area contributed by atoms with Crippen LogP contribution >= 0.6 is 0 Å². The predicted molar refractivity (Wildman–Crippen MR) is 76.6 cm³/mol. The van der Waals surface area contributed by atoms with Crippen LogP contribution < -0.4 is 5.32 Å². The Morgan fingerprint density at radius 3 is 3.15 bits per heavy atom. The number of nitrogens with zero attached hydrogens (tertiary/aromatic N) is 3. The summed E-state index contributed by atoms with van der Waals surface area (Å²) in [7, 11) is 1.81. The maximum atomic E-state index is 12.1. The molecule has 1 saturated heterocycles. The van der Waals surface area contributed by atoms with Gasteiger partial charge in [0.1, 0.15) is 0 Å². The highest BCUT2D eigenvalue weighted by atomic mass is 16.5. The van der Waals surface area contributed by atoms with Crippen molar-refractivity contribution in [3.63, 3.8) is 0 Å². The molecular weight excluding hydrogens is 256 g/mol. The molecule has 1 aromatic heterocycles. The second kappa shape index (κ2) is 7.40. The first kappa shape index (κ1) is 15.0. The summed E-state index contributed by atoms with van der Waals surface area (Å²) < 4.78 is 7.03. The molecule has 112 valence electrons. The molecule has 1 unspecified atom stereocenters. The van der Waals surface area contributed by atoms with E-state index < -0.39 is 0 Å². The number of rotatable bonds is 6. The lowest BCUT2D eigenvalue weighted by atomic mass is 10.1. The minimum atomic E-state index is -0.0326. The maximum Gasteiger partial charge on any atom is 0.254 e. The van der Waals surface area contributed by atoms with Crippen LogP contribution in [0.1, 0.15) is 30.1 Å². The minimum absolute atomic E-state index is 0.0326. The summed E-state index contributed by atoms with van der Waals surface area (Å²) in [5, 5.41) is 7.12. The Kier molecular flexibility index (Phi) is 5.55. The zero-order valence-corrected chi connectivity index (χ0v) is 12.3. The van der Waals surface area contributed by atoms with Crippen molar-refractivity contribution in [1.29, 1.82) is 0 Å². The van der Waals surface area contributed by atoms with Crippen LogP contribution in [0, 0.1) is 0 Å². The van der Waals surface area contributed by atoms with Gasteiger partial charge in [-0.2, -0.15) is 5.10 Å². The molecule has 1 aliphatic heterocycles. The predicted octanol–water partition coefficient (Wildman–Crippen LogP) is 0.651. The van der Waals surface area contributed by atoms with Crippen LogP contribution in [-0.4, -0.2) is 59.5 Å². The number of amides is 1. The topological polar surface area (TPSA) is 59.4 Å². The van der Waals surface area contributed by atoms with Crippen LogP contribution in [-0.2, 0) is 11.8 Å². The maximum absolute atomic E-state index is 12.1. The molecule has 0 aliphatic carbocycles. The molecule has 0 spiro atoms. The van der Waals surface area contributed by atoms with Gasteiger partial charge in [0.15, 0.2) is 0 Å². The quantitative estimate of drug-likeness (QED) is 0.777. The molecule has 0 saturated carbocycles. The lowest BCUT2D eigenvalue weighted by molar-refractivity contribution is 0.0839. The molecular formula is C14H24N4O2. The molecule has 0 radical (unpaired) electrons. The first-order valence-corrected chi connectivity index (χ1v) is 7.28. The van der Waals surface area contributed by atoms with Crippen LogP contribution in [0.5, 0.6) is 0 Å². The van der Waals surface area contributed by atoms with Gasteiger partial charge in [-0.25, -0.2) is 0 Å². The van der Waals surface area contributed by atoms with E-state index >= 15 is 0 Å². The SMILES string of the molecule is CCOCCN1CCCC(NC(=O)c2cnn(C)c2)C1. The lowest BCUT2D eigenvalue weighted by Crippen LogP contribution is -2.48. The second-order valence-electron chi connectivity index (χ2n) is 5.21. The van der Waals surface area contributed by atoms with Gasteiger partial charge in [-0.05, 0) is 26.3 Å². The van der Waals surface area contributed by atoms with Gasteiger partial charge in [-0.1, -0.05) is 0 Å². The van der Waals surface area contributed by atoms with E-state index in [0.717, 1.165) is 45.7 Å². The van der Waals surface area contributed by atoms with E-state index in [4.69, 9.17) is 4.74 Å². The molecule has 1 aromatic rings. The molecule has 1 fully saturated rings. The Morgan fingerprint density at radius 1 is 1.60 bits per heavy atom. The number of likely N-dealkylation sites (tertiary alicyclic amines) is 1. The van der Waals surface area contributed by atoms with E-state index in [1.807, 2.05) is 14.0 Å². The third-order valence-corrected chi connectivity index (χ3v) is 3.56. The highest BCUT2D eigenvalue weighted by Crippen LogP contribution is 2.10. The fraction of sp³-hybridized carbons (Fsp3) is 0.714. The van der Waals surface area contributed by atoms with E-state index in [-0.39, 0.29) is 11.9 Å². The van der Waals surface area contributed by atoms with E-state index in [0.29, 0.717) is 5.56 Å². The highest BCUT2D eigenvalue weighted by molar-refractivity contribution is 5.93. The summed E-state index contributed by atoms with van der Waals surface area (Å²) in [4.78, 5) is 14.4. The number of carbonyl (C=O) groups is 1. The summed E-state index contributed by atoms with van der Waals surface area (Å²) in [5.41, 5.74) is 0.624. The van der Waals surface area contributed by atoms with Crippen molar-refractivity contribution < 1.29 is 9.53 Å². The van der Waals surface area contributed by atoms with Gasteiger partial charge in [0.05, 0.1) is 18.4 Å². The number of aromatic nitrogens is 2. The van der Waals surface area contributed by atoms with Crippen molar-refractivity contribution in [2.45, 2.75) is 25.8 Å². The molecule has 2 heterocycles. The van der Waals surface area contributed by atoms with Gasteiger partial charge in [0.25, 0.3) is 5.91 Å². The van der Waals surface area contributed by atoms with Gasteiger partial charge in [0, 0.05) is 39.0 Å².